The van der Waals surface area contributed by atoms with Crippen LogP contribution in [0, 0.1) is 0 Å². The first-order valence-electron chi connectivity index (χ1n) is 7.36. The van der Waals surface area contributed by atoms with Gasteiger partial charge in [0, 0.05) is 18.7 Å². The second-order valence-corrected chi connectivity index (χ2v) is 6.19. The first kappa shape index (κ1) is 18.7. The van der Waals surface area contributed by atoms with Gasteiger partial charge in [-0.05, 0) is 40.0 Å². The molecular formula is C15H22N2O6. The molecule has 0 saturated carbocycles. The Labute approximate surface area is 134 Å². The molecule has 0 aliphatic carbocycles. The molecule has 2 N–H and O–H groups in total. The molecule has 1 heterocycles. The smallest absolute Gasteiger partial charge is 0.408 e. The number of nitrogens with one attached hydrogen (secondary N) is 1. The highest BCUT2D eigenvalue weighted by molar-refractivity contribution is 6.12. The second kappa shape index (κ2) is 7.75. The van der Waals surface area contributed by atoms with Gasteiger partial charge in [-0.25, -0.2) is 9.59 Å². The van der Waals surface area contributed by atoms with Gasteiger partial charge in [0.05, 0.1) is 0 Å². The van der Waals surface area contributed by atoms with Crippen molar-refractivity contribution in [1.82, 2.24) is 10.2 Å². The Balaban J connectivity index is 2.36. The summed E-state index contributed by atoms with van der Waals surface area (Å²) in [4.78, 5) is 46.5. The van der Waals surface area contributed by atoms with E-state index >= 15 is 0 Å². The topological polar surface area (TPSA) is 113 Å². The fourth-order valence-corrected chi connectivity index (χ4v) is 1.98. The number of rotatable bonds is 7. The van der Waals surface area contributed by atoms with Crippen molar-refractivity contribution in [3.05, 3.63) is 12.2 Å². The molecule has 1 atom stereocenters. The molecule has 0 bridgehead atoms. The number of alkyl carbamates (subject to hydrolysis) is 1. The molecule has 128 valence electrons. The third-order valence-corrected chi connectivity index (χ3v) is 3.01. The molecule has 23 heavy (non-hydrogen) atoms. The summed E-state index contributed by atoms with van der Waals surface area (Å²) in [6, 6.07) is -1.08. The van der Waals surface area contributed by atoms with Gasteiger partial charge in [-0.1, -0.05) is 0 Å². The number of ether oxygens (including phenoxy) is 1. The molecule has 0 aromatic carbocycles. The summed E-state index contributed by atoms with van der Waals surface area (Å²) in [5.41, 5.74) is -0.712. The summed E-state index contributed by atoms with van der Waals surface area (Å²) in [6.07, 6.45) is 2.68. The monoisotopic (exact) mass is 326 g/mol. The van der Waals surface area contributed by atoms with Gasteiger partial charge < -0.3 is 15.2 Å². The van der Waals surface area contributed by atoms with E-state index in [0.717, 1.165) is 4.90 Å². The van der Waals surface area contributed by atoms with Crippen LogP contribution in [0.4, 0.5) is 4.79 Å². The molecule has 3 amide bonds. The van der Waals surface area contributed by atoms with Crippen LogP contribution in [0.5, 0.6) is 0 Å². The van der Waals surface area contributed by atoms with Crippen molar-refractivity contribution in [2.24, 2.45) is 0 Å². The number of hydrogen-bond donors (Lipinski definition) is 2. The molecule has 1 aliphatic rings. The Hall–Kier alpha value is -2.38. The number of aliphatic carboxylic acids is 1. The standard InChI is InChI=1S/C15H22N2O6/c1-15(2,3)23-14(22)16-10(13(20)21)6-4-5-9-17-11(18)7-8-12(17)19/h7-8,10H,4-6,9H2,1-3H3,(H,16,22)(H,20,21)/t10-/m0/s1. The fraction of sp³-hybridized carbons (Fsp3) is 0.600. The Morgan fingerprint density at radius 1 is 1.22 bits per heavy atom. The van der Waals surface area contributed by atoms with Gasteiger partial charge in [0.15, 0.2) is 0 Å². The van der Waals surface area contributed by atoms with Crippen molar-refractivity contribution in [2.45, 2.75) is 51.7 Å². The molecule has 1 aliphatic heterocycles. The van der Waals surface area contributed by atoms with Crippen molar-refractivity contribution in [3.8, 4) is 0 Å². The number of carboxylic acids is 1. The van der Waals surface area contributed by atoms with E-state index in [1.165, 1.54) is 12.2 Å². The minimum absolute atomic E-state index is 0.179. The van der Waals surface area contributed by atoms with E-state index in [-0.39, 0.29) is 24.8 Å². The molecule has 0 saturated heterocycles. The number of nitrogens with zero attached hydrogens (tertiary/aromatic N) is 1. The number of unbranched alkanes of at least 4 members (excludes halogenated alkanes) is 1. The van der Waals surface area contributed by atoms with Gasteiger partial charge in [-0.3, -0.25) is 14.5 Å². The molecule has 8 nitrogen and oxygen atoms in total. The Morgan fingerprint density at radius 2 is 1.78 bits per heavy atom. The summed E-state index contributed by atoms with van der Waals surface area (Å²) in [5.74, 6) is -1.89. The van der Waals surface area contributed by atoms with Crippen molar-refractivity contribution < 1.29 is 29.0 Å². The lowest BCUT2D eigenvalue weighted by Gasteiger charge is -2.22. The third-order valence-electron chi connectivity index (χ3n) is 3.01. The fourth-order valence-electron chi connectivity index (χ4n) is 1.98. The highest BCUT2D eigenvalue weighted by Crippen LogP contribution is 2.10. The normalized spacial score (nSPS) is 15.7. The van der Waals surface area contributed by atoms with Crippen LogP contribution in [-0.2, 0) is 19.1 Å². The van der Waals surface area contributed by atoms with E-state index in [4.69, 9.17) is 9.84 Å². The predicted molar refractivity (Wildman–Crippen MR) is 80.5 cm³/mol. The van der Waals surface area contributed by atoms with Gasteiger partial charge in [-0.15, -0.1) is 0 Å². The molecule has 0 aromatic rings. The minimum Gasteiger partial charge on any atom is -0.480 e. The second-order valence-electron chi connectivity index (χ2n) is 6.19. The lowest BCUT2D eigenvalue weighted by molar-refractivity contribution is -0.140. The van der Waals surface area contributed by atoms with Crippen molar-refractivity contribution >= 4 is 23.9 Å². The van der Waals surface area contributed by atoms with Crippen molar-refractivity contribution in [2.75, 3.05) is 6.54 Å². The summed E-state index contributed by atoms with van der Waals surface area (Å²) in [7, 11) is 0. The van der Waals surface area contributed by atoms with E-state index in [9.17, 15) is 19.2 Å². The maximum absolute atomic E-state index is 11.6. The largest absolute Gasteiger partial charge is 0.480 e. The average molecular weight is 326 g/mol. The first-order valence-corrected chi connectivity index (χ1v) is 7.36. The van der Waals surface area contributed by atoms with Crippen LogP contribution in [0.15, 0.2) is 12.2 Å². The predicted octanol–water partition coefficient (Wildman–Crippen LogP) is 1.06. The molecule has 0 aromatic heterocycles. The van der Waals surface area contributed by atoms with Crippen LogP contribution in [-0.4, -0.2) is 52.1 Å². The summed E-state index contributed by atoms with van der Waals surface area (Å²) < 4.78 is 5.01. The summed E-state index contributed by atoms with van der Waals surface area (Å²) in [6.45, 7) is 5.27. The Kier molecular flexibility index (Phi) is 6.29. The van der Waals surface area contributed by atoms with E-state index in [2.05, 4.69) is 5.32 Å². The van der Waals surface area contributed by atoms with Crippen molar-refractivity contribution in [3.63, 3.8) is 0 Å². The van der Waals surface area contributed by atoms with E-state index in [0.29, 0.717) is 12.8 Å². The Bertz CT molecular complexity index is 503. The van der Waals surface area contributed by atoms with Crippen LogP contribution in [0.1, 0.15) is 40.0 Å². The highest BCUT2D eigenvalue weighted by atomic mass is 16.6. The summed E-state index contributed by atoms with van der Waals surface area (Å²) in [5, 5.41) is 11.4. The van der Waals surface area contributed by atoms with Crippen LogP contribution in [0.25, 0.3) is 0 Å². The average Bonchev–Trinajstić information content (AvgIpc) is 2.71. The van der Waals surface area contributed by atoms with Gasteiger partial charge in [0.25, 0.3) is 11.8 Å². The number of carbonyl (C=O) groups excluding carboxylic acids is 3. The molecular weight excluding hydrogens is 304 g/mol. The van der Waals surface area contributed by atoms with Crippen LogP contribution in [0.2, 0.25) is 0 Å². The maximum Gasteiger partial charge on any atom is 0.408 e. The van der Waals surface area contributed by atoms with Crippen molar-refractivity contribution in [1.29, 1.82) is 0 Å². The molecule has 0 fully saturated rings. The number of carbonyl (C=O) groups is 4. The van der Waals surface area contributed by atoms with Crippen LogP contribution in [0.3, 0.4) is 0 Å². The highest BCUT2D eigenvalue weighted by Gasteiger charge is 2.25. The third kappa shape index (κ3) is 6.50. The number of imide groups is 1. The zero-order valence-electron chi connectivity index (χ0n) is 13.5. The lowest BCUT2D eigenvalue weighted by atomic mass is 10.1. The van der Waals surface area contributed by atoms with Crippen LogP contribution < -0.4 is 5.32 Å². The summed E-state index contributed by atoms with van der Waals surface area (Å²) >= 11 is 0. The van der Waals surface area contributed by atoms with E-state index in [1.807, 2.05) is 0 Å². The molecule has 0 radical (unpaired) electrons. The van der Waals surface area contributed by atoms with Gasteiger partial charge in [-0.2, -0.15) is 0 Å². The molecule has 8 heteroatoms. The Morgan fingerprint density at radius 3 is 2.26 bits per heavy atom. The minimum atomic E-state index is -1.16. The number of hydrogen-bond acceptors (Lipinski definition) is 5. The van der Waals surface area contributed by atoms with Gasteiger partial charge >= 0.3 is 12.1 Å². The van der Waals surface area contributed by atoms with E-state index in [1.54, 1.807) is 20.8 Å². The SMILES string of the molecule is CC(C)(C)OC(=O)N[C@@H](CCCCN1C(=O)C=CC1=O)C(=O)O. The zero-order valence-corrected chi connectivity index (χ0v) is 13.5. The zero-order chi connectivity index (χ0) is 17.6. The van der Waals surface area contributed by atoms with Gasteiger partial charge in [0.2, 0.25) is 0 Å². The lowest BCUT2D eigenvalue weighted by Crippen LogP contribution is -2.43. The van der Waals surface area contributed by atoms with E-state index < -0.39 is 23.7 Å². The molecule has 1 rings (SSSR count). The molecule has 0 unspecified atom stereocenters. The van der Waals surface area contributed by atoms with Gasteiger partial charge in [0.1, 0.15) is 11.6 Å². The first-order chi connectivity index (χ1) is 10.6. The number of amides is 3. The molecule has 0 spiro atoms. The van der Waals surface area contributed by atoms with Crippen LogP contribution >= 0.6 is 0 Å². The number of carboxylic acid groups (broad SMARTS) is 1. The maximum atomic E-state index is 11.6. The quantitative estimate of drug-likeness (QED) is 0.534.